The molecule has 5 nitrogen and oxygen atoms in total. The van der Waals surface area contributed by atoms with Crippen LogP contribution in [0.1, 0.15) is 32.6 Å². The fourth-order valence-electron chi connectivity index (χ4n) is 3.63. The molecule has 2 atom stereocenters. The molecular formula is C18H27N4OS+. The maximum atomic E-state index is 5.63. The normalized spacial score (nSPS) is 21.0. The molecule has 2 heterocycles. The van der Waals surface area contributed by atoms with Gasteiger partial charge in [0.15, 0.2) is 12.5 Å². The van der Waals surface area contributed by atoms with Crippen LogP contribution in [0.15, 0.2) is 24.3 Å². The number of rotatable bonds is 5. The van der Waals surface area contributed by atoms with E-state index in [1.54, 1.807) is 12.0 Å². The summed E-state index contributed by atoms with van der Waals surface area (Å²) < 4.78 is 10.0. The minimum absolute atomic E-state index is 0.729. The number of nitrogens with one attached hydrogen (secondary N) is 1. The Bertz CT molecular complexity index is 734. The van der Waals surface area contributed by atoms with Crippen molar-refractivity contribution in [3.8, 4) is 17.1 Å². The lowest BCUT2D eigenvalue weighted by Crippen LogP contribution is -3.15. The molecule has 1 fully saturated rings. The van der Waals surface area contributed by atoms with E-state index in [9.17, 15) is 0 Å². The number of quaternary nitrogens is 1. The molecule has 1 aromatic carbocycles. The van der Waals surface area contributed by atoms with Gasteiger partial charge in [0.05, 0.1) is 19.7 Å². The van der Waals surface area contributed by atoms with Crippen LogP contribution in [0.25, 0.3) is 11.4 Å². The summed E-state index contributed by atoms with van der Waals surface area (Å²) in [6, 6.07) is 8.71. The third kappa shape index (κ3) is 3.39. The van der Waals surface area contributed by atoms with Crippen molar-refractivity contribution in [2.45, 2.75) is 45.3 Å². The zero-order valence-electron chi connectivity index (χ0n) is 14.8. The first kappa shape index (κ1) is 17.2. The quantitative estimate of drug-likeness (QED) is 0.844. The summed E-state index contributed by atoms with van der Waals surface area (Å²) in [6.07, 6.45) is 5.20. The lowest BCUT2D eigenvalue weighted by molar-refractivity contribution is -0.953. The van der Waals surface area contributed by atoms with E-state index in [0.29, 0.717) is 0 Å². The van der Waals surface area contributed by atoms with Gasteiger partial charge < -0.3 is 14.2 Å². The number of hydrogen-bond acceptors (Lipinski definition) is 3. The van der Waals surface area contributed by atoms with Gasteiger partial charge in [-0.25, -0.2) is 0 Å². The van der Waals surface area contributed by atoms with Gasteiger partial charge in [0, 0.05) is 12.6 Å². The number of nitrogens with zero attached hydrogens (tertiary/aromatic N) is 3. The molecule has 1 N–H and O–H groups in total. The Morgan fingerprint density at radius 2 is 2.04 bits per heavy atom. The van der Waals surface area contributed by atoms with E-state index in [2.05, 4.69) is 6.92 Å². The van der Waals surface area contributed by atoms with Gasteiger partial charge in [0.25, 0.3) is 0 Å². The number of piperidine rings is 1. The highest BCUT2D eigenvalue weighted by Crippen LogP contribution is 2.20. The largest absolute Gasteiger partial charge is 0.497 e. The standard InChI is InChI=1S/C18H26N4OS/c1-4-15-7-5-6-12-21(15)13-22-18(24)20(2)17(19-22)14-8-10-16(23-3)11-9-14/h8-11,15H,4-7,12-13H2,1-3H3/p+1/t15-/m1/s1. The van der Waals surface area contributed by atoms with E-state index in [4.69, 9.17) is 22.1 Å². The maximum absolute atomic E-state index is 5.63. The van der Waals surface area contributed by atoms with Crippen molar-refractivity contribution in [2.75, 3.05) is 13.7 Å². The van der Waals surface area contributed by atoms with Crippen molar-refractivity contribution in [1.29, 1.82) is 0 Å². The molecule has 130 valence electrons. The molecular weight excluding hydrogens is 320 g/mol. The second-order valence-electron chi connectivity index (χ2n) is 6.56. The molecule has 0 amide bonds. The van der Waals surface area contributed by atoms with E-state index < -0.39 is 0 Å². The van der Waals surface area contributed by atoms with Crippen LogP contribution in [0.2, 0.25) is 0 Å². The first-order valence-corrected chi connectivity index (χ1v) is 9.17. The van der Waals surface area contributed by atoms with E-state index in [0.717, 1.165) is 34.6 Å². The highest BCUT2D eigenvalue weighted by atomic mass is 32.1. The van der Waals surface area contributed by atoms with Crippen LogP contribution in [0.5, 0.6) is 5.75 Å². The molecule has 0 spiro atoms. The van der Waals surface area contributed by atoms with Crippen LogP contribution in [0, 0.1) is 4.77 Å². The Morgan fingerprint density at radius 1 is 1.29 bits per heavy atom. The minimum atomic E-state index is 0.729. The molecule has 0 radical (unpaired) electrons. The summed E-state index contributed by atoms with van der Waals surface area (Å²) in [5.74, 6) is 1.76. The van der Waals surface area contributed by atoms with Crippen molar-refractivity contribution in [3.63, 3.8) is 0 Å². The molecule has 1 aliphatic heterocycles. The second-order valence-corrected chi connectivity index (χ2v) is 6.93. The van der Waals surface area contributed by atoms with E-state index in [1.165, 1.54) is 32.2 Å². The highest BCUT2D eigenvalue weighted by molar-refractivity contribution is 7.71. The van der Waals surface area contributed by atoms with Gasteiger partial charge in [0.1, 0.15) is 5.75 Å². The van der Waals surface area contributed by atoms with Crippen molar-refractivity contribution in [3.05, 3.63) is 29.0 Å². The Kier molecular flexibility index (Phi) is 5.36. The summed E-state index contributed by atoms with van der Waals surface area (Å²) in [7, 11) is 3.67. The predicted octanol–water partition coefficient (Wildman–Crippen LogP) is 2.43. The van der Waals surface area contributed by atoms with Gasteiger partial charge in [0.2, 0.25) is 4.77 Å². The van der Waals surface area contributed by atoms with E-state index >= 15 is 0 Å². The zero-order valence-corrected chi connectivity index (χ0v) is 15.6. The third-order valence-electron chi connectivity index (χ3n) is 5.11. The minimum Gasteiger partial charge on any atom is -0.497 e. The monoisotopic (exact) mass is 347 g/mol. The summed E-state index contributed by atoms with van der Waals surface area (Å²) >= 11 is 5.63. The second kappa shape index (κ2) is 7.49. The number of ether oxygens (including phenoxy) is 1. The first-order valence-electron chi connectivity index (χ1n) is 8.77. The number of methoxy groups -OCH3 is 1. The number of hydrogen-bond donors (Lipinski definition) is 1. The molecule has 1 saturated heterocycles. The summed E-state index contributed by atoms with van der Waals surface area (Å²) in [6.45, 7) is 4.37. The molecule has 0 aliphatic carbocycles. The van der Waals surface area contributed by atoms with Crippen LogP contribution < -0.4 is 9.64 Å². The molecule has 3 rings (SSSR count). The maximum Gasteiger partial charge on any atom is 0.202 e. The Hall–Kier alpha value is -1.66. The lowest BCUT2D eigenvalue weighted by Gasteiger charge is -2.31. The fourth-order valence-corrected chi connectivity index (χ4v) is 3.82. The summed E-state index contributed by atoms with van der Waals surface area (Å²) in [4.78, 5) is 1.61. The van der Waals surface area contributed by atoms with Gasteiger partial charge >= 0.3 is 0 Å². The van der Waals surface area contributed by atoms with Crippen molar-refractivity contribution in [2.24, 2.45) is 7.05 Å². The van der Waals surface area contributed by atoms with Crippen molar-refractivity contribution >= 4 is 12.2 Å². The lowest BCUT2D eigenvalue weighted by atomic mass is 10.0. The van der Waals surface area contributed by atoms with Gasteiger partial charge in [-0.15, -0.1) is 5.10 Å². The van der Waals surface area contributed by atoms with Gasteiger partial charge in [-0.3, -0.25) is 0 Å². The Morgan fingerprint density at radius 3 is 2.71 bits per heavy atom. The molecule has 1 unspecified atom stereocenters. The Balaban J connectivity index is 1.86. The van der Waals surface area contributed by atoms with Crippen molar-refractivity contribution in [1.82, 2.24) is 14.3 Å². The number of likely N-dealkylation sites (tertiary alicyclic amines) is 1. The molecule has 1 aliphatic rings. The first-order chi connectivity index (χ1) is 11.6. The van der Waals surface area contributed by atoms with Gasteiger partial charge in [-0.05, 0) is 62.2 Å². The molecule has 6 heteroatoms. The predicted molar refractivity (Wildman–Crippen MR) is 97.8 cm³/mol. The van der Waals surface area contributed by atoms with Gasteiger partial charge in [-0.1, -0.05) is 6.92 Å². The average Bonchev–Trinajstić information content (AvgIpc) is 2.91. The van der Waals surface area contributed by atoms with Crippen LogP contribution >= 0.6 is 12.2 Å². The van der Waals surface area contributed by atoms with Crippen LogP contribution in [-0.2, 0) is 13.7 Å². The summed E-state index contributed by atoms with van der Waals surface area (Å²) in [5, 5.41) is 4.81. The van der Waals surface area contributed by atoms with Crippen molar-refractivity contribution < 1.29 is 9.64 Å². The third-order valence-corrected chi connectivity index (χ3v) is 5.60. The molecule has 1 aromatic heterocycles. The SMILES string of the molecule is CC[C@@H]1CCCC[NH+]1Cn1nc(-c2ccc(OC)cc2)n(C)c1=S. The average molecular weight is 348 g/mol. The van der Waals surface area contributed by atoms with Crippen LogP contribution in [-0.4, -0.2) is 34.0 Å². The molecule has 2 aromatic rings. The summed E-state index contributed by atoms with van der Waals surface area (Å²) in [5.41, 5.74) is 1.06. The van der Waals surface area contributed by atoms with Crippen LogP contribution in [0.4, 0.5) is 0 Å². The highest BCUT2D eigenvalue weighted by Gasteiger charge is 2.25. The molecule has 24 heavy (non-hydrogen) atoms. The zero-order chi connectivity index (χ0) is 17.1. The van der Waals surface area contributed by atoms with E-state index in [-0.39, 0.29) is 0 Å². The molecule has 0 saturated carbocycles. The smallest absolute Gasteiger partial charge is 0.202 e. The molecule has 0 bridgehead atoms. The number of benzene rings is 1. The number of aromatic nitrogens is 3. The Labute approximate surface area is 148 Å². The fraction of sp³-hybridized carbons (Fsp3) is 0.556. The topological polar surface area (TPSA) is 36.4 Å². The van der Waals surface area contributed by atoms with Crippen LogP contribution in [0.3, 0.4) is 0 Å². The van der Waals surface area contributed by atoms with E-state index in [1.807, 2.05) is 40.6 Å². The van der Waals surface area contributed by atoms with Gasteiger partial charge in [-0.2, -0.15) is 4.68 Å².